The van der Waals surface area contributed by atoms with Gasteiger partial charge in [-0.25, -0.2) is 4.39 Å². The van der Waals surface area contributed by atoms with E-state index in [1.807, 2.05) is 17.0 Å². The predicted octanol–water partition coefficient (Wildman–Crippen LogP) is 6.36. The number of aryl methyl sites for hydroxylation is 2. The number of likely N-dealkylation sites (tertiary alicyclic amines) is 1. The molecule has 262 valence electrons. The lowest BCUT2D eigenvalue weighted by molar-refractivity contribution is -0.143. The van der Waals surface area contributed by atoms with E-state index in [1.165, 1.54) is 22.8 Å². The largest absolute Gasteiger partial charge is 0.481 e. The van der Waals surface area contributed by atoms with E-state index in [0.29, 0.717) is 36.0 Å². The van der Waals surface area contributed by atoms with Gasteiger partial charge in [-0.2, -0.15) is 0 Å². The number of aliphatic carboxylic acids is 1. The SMILES string of the molecule is CCc1cccc(CC)c1CC1CCC1C(=O)CN1C[C@H](c2cc3c(cc2F)OCO3)[C@@H](C(=O)O)[C@@H]1c1ccc(OCOCCOC)cc1. The lowest BCUT2D eigenvalue weighted by Crippen LogP contribution is -2.41. The Kier molecular flexibility index (Phi) is 11.2. The van der Waals surface area contributed by atoms with Crippen LogP contribution in [0.2, 0.25) is 0 Å². The van der Waals surface area contributed by atoms with Gasteiger partial charge in [0.2, 0.25) is 6.79 Å². The Morgan fingerprint density at radius 3 is 2.33 bits per heavy atom. The maximum absolute atomic E-state index is 15.6. The summed E-state index contributed by atoms with van der Waals surface area (Å²) in [6.07, 6.45) is 4.57. The molecule has 10 heteroatoms. The molecular weight excluding hydrogens is 629 g/mol. The predicted molar refractivity (Wildman–Crippen MR) is 181 cm³/mol. The Morgan fingerprint density at radius 1 is 0.980 bits per heavy atom. The molecule has 1 N–H and O–H groups in total. The maximum atomic E-state index is 15.6. The topological polar surface area (TPSA) is 104 Å². The minimum Gasteiger partial charge on any atom is -0.481 e. The molecule has 0 bridgehead atoms. The van der Waals surface area contributed by atoms with E-state index >= 15 is 4.39 Å². The number of hydrogen-bond acceptors (Lipinski definition) is 8. The molecule has 2 fully saturated rings. The third kappa shape index (κ3) is 7.46. The number of nitrogens with zero attached hydrogens (tertiary/aromatic N) is 1. The monoisotopic (exact) mass is 675 g/mol. The fourth-order valence-electron chi connectivity index (χ4n) is 7.83. The van der Waals surface area contributed by atoms with Crippen molar-refractivity contribution in [2.24, 2.45) is 17.8 Å². The number of fused-ring (bicyclic) bond motifs is 1. The molecule has 2 heterocycles. The summed E-state index contributed by atoms with van der Waals surface area (Å²) in [6.45, 7) is 5.49. The number of carbonyl (C=O) groups excluding carboxylic acids is 1. The molecule has 0 amide bonds. The number of Topliss-reactive ketones (excluding diaryl/α,β-unsaturated/α-hetero) is 1. The highest BCUT2D eigenvalue weighted by atomic mass is 19.1. The van der Waals surface area contributed by atoms with Crippen LogP contribution in [0.5, 0.6) is 17.2 Å². The van der Waals surface area contributed by atoms with Crippen molar-refractivity contribution in [1.82, 2.24) is 4.90 Å². The number of ketones is 1. The zero-order chi connectivity index (χ0) is 34.5. The summed E-state index contributed by atoms with van der Waals surface area (Å²) in [5.74, 6) is -1.87. The number of benzene rings is 3. The third-order valence-electron chi connectivity index (χ3n) is 10.5. The van der Waals surface area contributed by atoms with Crippen LogP contribution in [0, 0.1) is 23.6 Å². The first-order chi connectivity index (χ1) is 23.8. The average molecular weight is 676 g/mol. The van der Waals surface area contributed by atoms with Gasteiger partial charge in [0, 0.05) is 37.6 Å². The van der Waals surface area contributed by atoms with Crippen LogP contribution >= 0.6 is 0 Å². The maximum Gasteiger partial charge on any atom is 0.309 e. The third-order valence-corrected chi connectivity index (χ3v) is 10.5. The molecule has 49 heavy (non-hydrogen) atoms. The lowest BCUT2D eigenvalue weighted by Gasteiger charge is -2.38. The molecule has 6 rings (SSSR count). The lowest BCUT2D eigenvalue weighted by atomic mass is 9.67. The zero-order valence-corrected chi connectivity index (χ0v) is 28.5. The van der Waals surface area contributed by atoms with E-state index in [0.717, 1.165) is 32.1 Å². The second-order valence-electron chi connectivity index (χ2n) is 13.2. The summed E-state index contributed by atoms with van der Waals surface area (Å²) in [5.41, 5.74) is 5.00. The number of carbonyl (C=O) groups is 2. The molecule has 3 aliphatic rings. The second kappa shape index (κ2) is 15.7. The van der Waals surface area contributed by atoms with Crippen LogP contribution in [0.1, 0.15) is 66.5 Å². The fraction of sp³-hybridized carbons (Fsp3) is 0.487. The highest BCUT2D eigenvalue weighted by Crippen LogP contribution is 2.49. The minimum atomic E-state index is -1.06. The number of rotatable bonds is 16. The van der Waals surface area contributed by atoms with Gasteiger partial charge in [-0.1, -0.05) is 44.2 Å². The van der Waals surface area contributed by atoms with Crippen molar-refractivity contribution in [2.45, 2.75) is 57.9 Å². The van der Waals surface area contributed by atoms with Gasteiger partial charge in [-0.3, -0.25) is 14.5 Å². The first-order valence-electron chi connectivity index (χ1n) is 17.3. The van der Waals surface area contributed by atoms with Gasteiger partial charge in [-0.05, 0) is 84.0 Å². The van der Waals surface area contributed by atoms with Gasteiger partial charge < -0.3 is 28.8 Å². The van der Waals surface area contributed by atoms with Crippen molar-refractivity contribution in [3.8, 4) is 17.2 Å². The number of halogens is 1. The Labute approximate surface area is 287 Å². The number of ether oxygens (including phenoxy) is 5. The summed E-state index contributed by atoms with van der Waals surface area (Å²) in [5, 5.41) is 10.7. The van der Waals surface area contributed by atoms with Crippen LogP contribution in [-0.4, -0.2) is 68.8 Å². The van der Waals surface area contributed by atoms with E-state index in [2.05, 4.69) is 32.0 Å². The van der Waals surface area contributed by atoms with Crippen LogP contribution in [0.25, 0.3) is 0 Å². The van der Waals surface area contributed by atoms with E-state index in [-0.39, 0.29) is 49.9 Å². The molecule has 3 aromatic rings. The summed E-state index contributed by atoms with van der Waals surface area (Å²) in [7, 11) is 1.60. The smallest absolute Gasteiger partial charge is 0.309 e. The van der Waals surface area contributed by atoms with Gasteiger partial charge in [0.25, 0.3) is 0 Å². The Bertz CT molecular complexity index is 1610. The van der Waals surface area contributed by atoms with Crippen molar-refractivity contribution in [3.05, 3.63) is 88.2 Å². The first kappa shape index (κ1) is 34.9. The Morgan fingerprint density at radius 2 is 1.69 bits per heavy atom. The molecule has 9 nitrogen and oxygen atoms in total. The summed E-state index contributed by atoms with van der Waals surface area (Å²) in [4.78, 5) is 29.1. The molecule has 0 spiro atoms. The average Bonchev–Trinajstić information content (AvgIpc) is 3.70. The van der Waals surface area contributed by atoms with Gasteiger partial charge in [-0.15, -0.1) is 0 Å². The van der Waals surface area contributed by atoms with Crippen LogP contribution in [0.3, 0.4) is 0 Å². The number of methoxy groups -OCH3 is 1. The van der Waals surface area contributed by atoms with Crippen molar-refractivity contribution in [2.75, 3.05) is 47.0 Å². The molecule has 2 unspecified atom stereocenters. The van der Waals surface area contributed by atoms with Gasteiger partial charge >= 0.3 is 5.97 Å². The van der Waals surface area contributed by atoms with E-state index in [9.17, 15) is 14.7 Å². The highest BCUT2D eigenvalue weighted by molar-refractivity contribution is 5.84. The van der Waals surface area contributed by atoms with Crippen LogP contribution in [-0.2, 0) is 38.3 Å². The van der Waals surface area contributed by atoms with E-state index in [1.54, 1.807) is 25.3 Å². The minimum absolute atomic E-state index is 0.0224. The summed E-state index contributed by atoms with van der Waals surface area (Å²) < 4.78 is 42.6. The number of carboxylic acid groups (broad SMARTS) is 1. The zero-order valence-electron chi connectivity index (χ0n) is 28.5. The summed E-state index contributed by atoms with van der Waals surface area (Å²) >= 11 is 0. The van der Waals surface area contributed by atoms with Crippen molar-refractivity contribution >= 4 is 11.8 Å². The first-order valence-corrected chi connectivity index (χ1v) is 17.3. The highest BCUT2D eigenvalue weighted by Gasteiger charge is 2.50. The summed E-state index contributed by atoms with van der Waals surface area (Å²) in [6, 6.07) is 15.8. The molecule has 1 aliphatic carbocycles. The normalized spacial score (nSPS) is 23.0. The molecule has 0 radical (unpaired) electrons. The number of hydrogen-bond donors (Lipinski definition) is 1. The van der Waals surface area contributed by atoms with Gasteiger partial charge in [0.15, 0.2) is 18.3 Å². The van der Waals surface area contributed by atoms with Crippen LogP contribution in [0.4, 0.5) is 4.39 Å². The van der Waals surface area contributed by atoms with Gasteiger partial charge in [0.1, 0.15) is 17.3 Å². The van der Waals surface area contributed by atoms with Crippen LogP contribution < -0.4 is 14.2 Å². The molecule has 1 saturated carbocycles. The van der Waals surface area contributed by atoms with Crippen LogP contribution in [0.15, 0.2) is 54.6 Å². The molecule has 1 saturated heterocycles. The molecule has 5 atom stereocenters. The van der Waals surface area contributed by atoms with E-state index in [4.69, 9.17) is 23.7 Å². The second-order valence-corrected chi connectivity index (χ2v) is 13.2. The standard InChI is InChI=1S/C39H46FNO8/c1-4-24-7-6-8-25(5-2)30(24)17-27-11-14-29(27)34(42)21-41-20-32(31-18-35-36(19-33(31)40)49-23-48-35)37(39(43)44)38(41)26-9-12-28(13-10-26)47-22-46-16-15-45-3/h6-10,12-13,18-19,27,29,32,37-38H,4-5,11,14-17,20-23H2,1-3H3,(H,43,44)/t27?,29?,32-,37-,38+/m1/s1. The Balaban J connectivity index is 1.26. The van der Waals surface area contributed by atoms with E-state index < -0.39 is 29.7 Å². The molecule has 3 aromatic carbocycles. The quantitative estimate of drug-likeness (QED) is 0.137. The molecular formula is C39H46FNO8. The fourth-order valence-corrected chi connectivity index (χ4v) is 7.83. The molecule has 2 aliphatic heterocycles. The number of carboxylic acids is 1. The Hall–Kier alpha value is -3.99. The van der Waals surface area contributed by atoms with Gasteiger partial charge in [0.05, 0.1) is 25.7 Å². The molecule has 0 aromatic heterocycles. The van der Waals surface area contributed by atoms with Crippen molar-refractivity contribution in [1.29, 1.82) is 0 Å². The van der Waals surface area contributed by atoms with Crippen molar-refractivity contribution < 1.29 is 42.8 Å². The van der Waals surface area contributed by atoms with Crippen molar-refractivity contribution in [3.63, 3.8) is 0 Å².